The third kappa shape index (κ3) is 3.72. The normalized spacial score (nSPS) is 17.8. The SMILES string of the molecule is Cc1ccc2c(c1)C(=O)CC1(CCN(C(=O)c3c(N)sc4nc(C(F)(F)F)ccc34)CC1)O2. The van der Waals surface area contributed by atoms with Crippen LogP contribution in [0.25, 0.3) is 10.2 Å². The number of anilines is 1. The maximum absolute atomic E-state index is 13.2. The molecule has 1 saturated heterocycles. The highest BCUT2D eigenvalue weighted by molar-refractivity contribution is 7.22. The summed E-state index contributed by atoms with van der Waals surface area (Å²) in [5.41, 5.74) is 6.08. The molecule has 2 aliphatic rings. The molecule has 3 aromatic rings. The Morgan fingerprint density at radius 2 is 1.94 bits per heavy atom. The molecule has 2 aliphatic heterocycles. The van der Waals surface area contributed by atoms with Crippen molar-refractivity contribution < 1.29 is 27.5 Å². The van der Waals surface area contributed by atoms with Crippen LogP contribution in [0.3, 0.4) is 0 Å². The molecule has 1 spiro atoms. The molecule has 0 radical (unpaired) electrons. The number of hydrogen-bond acceptors (Lipinski definition) is 6. The number of ketones is 1. The smallest absolute Gasteiger partial charge is 0.433 e. The number of amides is 1. The highest BCUT2D eigenvalue weighted by Gasteiger charge is 2.44. The van der Waals surface area contributed by atoms with Gasteiger partial charge in [0.15, 0.2) is 5.78 Å². The fraction of sp³-hybridized carbons (Fsp3) is 0.348. The number of likely N-dealkylation sites (tertiary alicyclic amines) is 1. The van der Waals surface area contributed by atoms with Gasteiger partial charge in [-0.05, 0) is 31.2 Å². The van der Waals surface area contributed by atoms with Gasteiger partial charge in [0, 0.05) is 31.3 Å². The quantitative estimate of drug-likeness (QED) is 0.544. The van der Waals surface area contributed by atoms with Crippen molar-refractivity contribution in [2.75, 3.05) is 18.8 Å². The van der Waals surface area contributed by atoms with E-state index in [2.05, 4.69) is 4.98 Å². The van der Waals surface area contributed by atoms with Crippen molar-refractivity contribution in [3.63, 3.8) is 0 Å². The van der Waals surface area contributed by atoms with Gasteiger partial charge >= 0.3 is 6.18 Å². The summed E-state index contributed by atoms with van der Waals surface area (Å²) in [7, 11) is 0. The van der Waals surface area contributed by atoms with Gasteiger partial charge in [-0.2, -0.15) is 13.2 Å². The minimum absolute atomic E-state index is 0.0272. The van der Waals surface area contributed by atoms with E-state index in [1.165, 1.54) is 6.07 Å². The zero-order valence-corrected chi connectivity index (χ0v) is 18.5. The molecular weight excluding hydrogens is 455 g/mol. The largest absolute Gasteiger partial charge is 0.486 e. The van der Waals surface area contributed by atoms with E-state index in [4.69, 9.17) is 10.5 Å². The summed E-state index contributed by atoms with van der Waals surface area (Å²) in [4.78, 5) is 31.3. The average Bonchev–Trinajstić information content (AvgIpc) is 3.09. The number of nitrogens with two attached hydrogens (primary N) is 1. The second-order valence-electron chi connectivity index (χ2n) is 8.57. The fourth-order valence-corrected chi connectivity index (χ4v) is 5.47. The number of nitrogens with zero attached hydrogens (tertiary/aromatic N) is 2. The van der Waals surface area contributed by atoms with E-state index in [1.807, 2.05) is 19.1 Å². The number of thiophene rings is 1. The van der Waals surface area contributed by atoms with E-state index in [0.717, 1.165) is 23.0 Å². The van der Waals surface area contributed by atoms with Gasteiger partial charge in [-0.1, -0.05) is 23.0 Å². The number of aryl methyl sites for hydroxylation is 1. The minimum Gasteiger partial charge on any atom is -0.486 e. The molecule has 0 bridgehead atoms. The van der Waals surface area contributed by atoms with E-state index in [1.54, 1.807) is 11.0 Å². The van der Waals surface area contributed by atoms with Crippen LogP contribution < -0.4 is 10.5 Å². The zero-order valence-electron chi connectivity index (χ0n) is 17.7. The first-order chi connectivity index (χ1) is 15.6. The molecule has 0 aliphatic carbocycles. The first-order valence-corrected chi connectivity index (χ1v) is 11.3. The third-order valence-electron chi connectivity index (χ3n) is 6.29. The molecular formula is C23H20F3N3O3S. The minimum atomic E-state index is -4.58. The molecule has 2 aromatic heterocycles. The number of piperidine rings is 1. The van der Waals surface area contributed by atoms with Crippen LogP contribution in [0.15, 0.2) is 30.3 Å². The average molecular weight is 475 g/mol. The summed E-state index contributed by atoms with van der Waals surface area (Å²) >= 11 is 0.866. The van der Waals surface area contributed by atoms with Gasteiger partial charge in [-0.3, -0.25) is 9.59 Å². The number of nitrogen functional groups attached to an aromatic ring is 1. The van der Waals surface area contributed by atoms with E-state index in [-0.39, 0.29) is 33.5 Å². The lowest BCUT2D eigenvalue weighted by atomic mass is 9.82. The molecule has 1 aromatic carbocycles. The van der Waals surface area contributed by atoms with Crippen molar-refractivity contribution >= 4 is 38.2 Å². The van der Waals surface area contributed by atoms with Gasteiger partial charge < -0.3 is 15.4 Å². The van der Waals surface area contributed by atoms with Gasteiger partial charge in [0.2, 0.25) is 0 Å². The van der Waals surface area contributed by atoms with Gasteiger partial charge in [0.1, 0.15) is 26.9 Å². The number of carbonyl (C=O) groups is 2. The monoisotopic (exact) mass is 475 g/mol. The highest BCUT2D eigenvalue weighted by atomic mass is 32.1. The van der Waals surface area contributed by atoms with Gasteiger partial charge in [-0.25, -0.2) is 4.98 Å². The molecule has 33 heavy (non-hydrogen) atoms. The number of rotatable bonds is 1. The number of carbonyl (C=O) groups excluding carboxylic acids is 2. The number of alkyl halides is 3. The van der Waals surface area contributed by atoms with Gasteiger partial charge in [0.25, 0.3) is 5.91 Å². The lowest BCUT2D eigenvalue weighted by molar-refractivity contribution is -0.140. The van der Waals surface area contributed by atoms with Gasteiger partial charge in [-0.15, -0.1) is 0 Å². The molecule has 0 atom stereocenters. The van der Waals surface area contributed by atoms with Crippen molar-refractivity contribution in [1.29, 1.82) is 0 Å². The summed E-state index contributed by atoms with van der Waals surface area (Å²) in [6, 6.07) is 7.63. The lowest BCUT2D eigenvalue weighted by Crippen LogP contribution is -2.52. The Labute approximate surface area is 191 Å². The Balaban J connectivity index is 1.36. The fourth-order valence-electron chi connectivity index (χ4n) is 4.54. The number of Topliss-reactive ketones (excluding diaryl/α,β-unsaturated/α-hetero) is 1. The van der Waals surface area contributed by atoms with Crippen LogP contribution in [0, 0.1) is 6.92 Å². The summed E-state index contributed by atoms with van der Waals surface area (Å²) in [6.07, 6.45) is -3.39. The van der Waals surface area contributed by atoms with Crippen LogP contribution in [-0.2, 0) is 6.18 Å². The summed E-state index contributed by atoms with van der Waals surface area (Å²) < 4.78 is 45.2. The maximum Gasteiger partial charge on any atom is 0.433 e. The zero-order chi connectivity index (χ0) is 23.5. The van der Waals surface area contributed by atoms with Crippen molar-refractivity contribution in [3.8, 4) is 5.75 Å². The molecule has 1 amide bonds. The van der Waals surface area contributed by atoms with Crippen LogP contribution >= 0.6 is 11.3 Å². The Hall–Kier alpha value is -3.14. The molecule has 0 saturated carbocycles. The van der Waals surface area contributed by atoms with Crippen LogP contribution in [-0.4, -0.2) is 40.3 Å². The third-order valence-corrected chi connectivity index (χ3v) is 7.22. The topological polar surface area (TPSA) is 85.5 Å². The van der Waals surface area contributed by atoms with Crippen molar-refractivity contribution in [2.45, 2.75) is 38.0 Å². The van der Waals surface area contributed by atoms with Crippen molar-refractivity contribution in [1.82, 2.24) is 9.88 Å². The Morgan fingerprint density at radius 1 is 1.21 bits per heavy atom. The van der Waals surface area contributed by atoms with E-state index in [0.29, 0.717) is 42.6 Å². The van der Waals surface area contributed by atoms with E-state index >= 15 is 0 Å². The summed E-state index contributed by atoms with van der Waals surface area (Å²) in [6.45, 7) is 2.61. The Bertz CT molecular complexity index is 1290. The van der Waals surface area contributed by atoms with Crippen molar-refractivity contribution in [3.05, 3.63) is 52.7 Å². The molecule has 2 N–H and O–H groups in total. The maximum atomic E-state index is 13.2. The van der Waals surface area contributed by atoms with E-state index in [9.17, 15) is 22.8 Å². The molecule has 172 valence electrons. The highest BCUT2D eigenvalue weighted by Crippen LogP contribution is 2.41. The van der Waals surface area contributed by atoms with Crippen LogP contribution in [0.4, 0.5) is 18.2 Å². The lowest BCUT2D eigenvalue weighted by Gasteiger charge is -2.44. The molecule has 4 heterocycles. The first kappa shape index (κ1) is 21.7. The standard InChI is InChI=1S/C23H20F3N3O3S/c1-12-2-4-16-14(10-12)15(30)11-22(32-16)6-8-29(9-7-22)21(31)18-13-3-5-17(23(24,25)26)28-20(13)33-19(18)27/h2-5,10H,6-9,11,27H2,1H3. The van der Waals surface area contributed by atoms with Crippen LogP contribution in [0.2, 0.25) is 0 Å². The predicted octanol–water partition coefficient (Wildman–Crippen LogP) is 4.85. The van der Waals surface area contributed by atoms with Crippen LogP contribution in [0.1, 0.15) is 51.2 Å². The number of halogens is 3. The second-order valence-corrected chi connectivity index (χ2v) is 9.60. The number of pyridine rings is 1. The number of ether oxygens (including phenoxy) is 1. The number of fused-ring (bicyclic) bond motifs is 2. The molecule has 6 nitrogen and oxygen atoms in total. The van der Waals surface area contributed by atoms with Gasteiger partial charge in [0.05, 0.1) is 17.5 Å². The summed E-state index contributed by atoms with van der Waals surface area (Å²) in [5, 5.41) is 0.444. The molecule has 10 heteroatoms. The number of hydrogen-bond donors (Lipinski definition) is 1. The van der Waals surface area contributed by atoms with Crippen molar-refractivity contribution in [2.24, 2.45) is 0 Å². The predicted molar refractivity (Wildman–Crippen MR) is 118 cm³/mol. The molecule has 5 rings (SSSR count). The van der Waals surface area contributed by atoms with E-state index < -0.39 is 17.5 Å². The number of benzene rings is 1. The number of aromatic nitrogens is 1. The Kier molecular flexibility index (Phi) is 4.89. The van der Waals surface area contributed by atoms with Crippen LogP contribution in [0.5, 0.6) is 5.75 Å². The molecule has 0 unspecified atom stereocenters. The molecule has 1 fully saturated rings. The summed E-state index contributed by atoms with van der Waals surface area (Å²) in [5.74, 6) is 0.240. The second kappa shape index (κ2) is 7.44. The Morgan fingerprint density at radius 3 is 2.64 bits per heavy atom. The first-order valence-electron chi connectivity index (χ1n) is 10.4.